The SMILES string of the molecule is Cc1cc(N(CCO)C2CCCC2)ccc1C#N. The highest BCUT2D eigenvalue weighted by molar-refractivity contribution is 5.54. The van der Waals surface area contributed by atoms with Crippen molar-refractivity contribution in [3.05, 3.63) is 29.3 Å². The second-order valence-electron chi connectivity index (χ2n) is 4.97. The van der Waals surface area contributed by atoms with Gasteiger partial charge in [-0.05, 0) is 43.5 Å². The van der Waals surface area contributed by atoms with Gasteiger partial charge < -0.3 is 10.0 Å². The molecule has 3 heteroatoms. The van der Waals surface area contributed by atoms with Crippen molar-refractivity contribution in [2.45, 2.75) is 38.6 Å². The molecule has 0 aromatic heterocycles. The molecule has 0 heterocycles. The zero-order valence-corrected chi connectivity index (χ0v) is 10.9. The van der Waals surface area contributed by atoms with Crippen LogP contribution in [-0.4, -0.2) is 24.3 Å². The monoisotopic (exact) mass is 244 g/mol. The summed E-state index contributed by atoms with van der Waals surface area (Å²) < 4.78 is 0. The van der Waals surface area contributed by atoms with Crippen molar-refractivity contribution in [1.82, 2.24) is 0 Å². The largest absolute Gasteiger partial charge is 0.395 e. The Labute approximate surface area is 109 Å². The lowest BCUT2D eigenvalue weighted by Crippen LogP contribution is -2.35. The van der Waals surface area contributed by atoms with E-state index in [1.807, 2.05) is 19.1 Å². The van der Waals surface area contributed by atoms with Crippen LogP contribution in [0.2, 0.25) is 0 Å². The van der Waals surface area contributed by atoms with Crippen LogP contribution in [0.3, 0.4) is 0 Å². The average molecular weight is 244 g/mol. The first-order chi connectivity index (χ1) is 8.76. The third-order valence-corrected chi connectivity index (χ3v) is 3.77. The number of hydrogen-bond donors (Lipinski definition) is 1. The Bertz CT molecular complexity index is 444. The third kappa shape index (κ3) is 2.65. The minimum absolute atomic E-state index is 0.176. The Balaban J connectivity index is 2.25. The summed E-state index contributed by atoms with van der Waals surface area (Å²) >= 11 is 0. The van der Waals surface area contributed by atoms with Crippen LogP contribution in [0.5, 0.6) is 0 Å². The van der Waals surface area contributed by atoms with Crippen molar-refractivity contribution in [3.8, 4) is 6.07 Å². The molecule has 0 spiro atoms. The fraction of sp³-hybridized carbons (Fsp3) is 0.533. The molecular formula is C15H20N2O. The maximum atomic E-state index is 9.23. The topological polar surface area (TPSA) is 47.3 Å². The second kappa shape index (κ2) is 5.88. The lowest BCUT2D eigenvalue weighted by molar-refractivity contribution is 0.297. The summed E-state index contributed by atoms with van der Waals surface area (Å²) in [5.41, 5.74) is 2.87. The molecule has 1 saturated carbocycles. The number of rotatable bonds is 4. The first-order valence-electron chi connectivity index (χ1n) is 6.64. The summed E-state index contributed by atoms with van der Waals surface area (Å²) in [6.07, 6.45) is 4.97. The van der Waals surface area contributed by atoms with E-state index in [0.29, 0.717) is 12.6 Å². The van der Waals surface area contributed by atoms with Gasteiger partial charge in [0.2, 0.25) is 0 Å². The van der Waals surface area contributed by atoms with Gasteiger partial charge in [-0.2, -0.15) is 5.26 Å². The van der Waals surface area contributed by atoms with Crippen LogP contribution in [0.15, 0.2) is 18.2 Å². The van der Waals surface area contributed by atoms with Crippen molar-refractivity contribution < 1.29 is 5.11 Å². The van der Waals surface area contributed by atoms with E-state index < -0.39 is 0 Å². The molecule has 18 heavy (non-hydrogen) atoms. The third-order valence-electron chi connectivity index (χ3n) is 3.77. The van der Waals surface area contributed by atoms with Gasteiger partial charge in [0.05, 0.1) is 18.2 Å². The van der Waals surface area contributed by atoms with E-state index in [4.69, 9.17) is 5.26 Å². The maximum absolute atomic E-state index is 9.23. The van der Waals surface area contributed by atoms with Gasteiger partial charge in [-0.3, -0.25) is 0 Å². The maximum Gasteiger partial charge on any atom is 0.0994 e. The Kier molecular flexibility index (Phi) is 4.22. The van der Waals surface area contributed by atoms with Crippen molar-refractivity contribution in [2.75, 3.05) is 18.1 Å². The quantitative estimate of drug-likeness (QED) is 0.885. The van der Waals surface area contributed by atoms with Crippen molar-refractivity contribution >= 4 is 5.69 Å². The molecule has 0 atom stereocenters. The summed E-state index contributed by atoms with van der Waals surface area (Å²) in [4.78, 5) is 2.29. The normalized spacial score (nSPS) is 15.6. The Morgan fingerprint density at radius 3 is 2.67 bits per heavy atom. The molecule has 1 aliphatic rings. The fourth-order valence-corrected chi connectivity index (χ4v) is 2.80. The highest BCUT2D eigenvalue weighted by Gasteiger charge is 2.22. The summed E-state index contributed by atoms with van der Waals surface area (Å²) in [6.45, 7) is 2.82. The molecule has 0 bridgehead atoms. The minimum Gasteiger partial charge on any atom is -0.395 e. The molecule has 2 rings (SSSR count). The number of nitrogens with zero attached hydrogens (tertiary/aromatic N) is 2. The van der Waals surface area contributed by atoms with Crippen LogP contribution < -0.4 is 4.90 Å². The van der Waals surface area contributed by atoms with E-state index in [0.717, 1.165) is 16.8 Å². The highest BCUT2D eigenvalue weighted by atomic mass is 16.3. The number of aliphatic hydroxyl groups excluding tert-OH is 1. The summed E-state index contributed by atoms with van der Waals surface area (Å²) in [5, 5.41) is 18.2. The van der Waals surface area contributed by atoms with E-state index in [9.17, 15) is 5.11 Å². The average Bonchev–Trinajstić information content (AvgIpc) is 2.89. The van der Waals surface area contributed by atoms with Gasteiger partial charge in [0.1, 0.15) is 0 Å². The van der Waals surface area contributed by atoms with Gasteiger partial charge in [-0.15, -0.1) is 0 Å². The standard InChI is InChI=1S/C15H20N2O/c1-12-10-15(7-6-13(12)11-16)17(8-9-18)14-4-2-3-5-14/h6-7,10,14,18H,2-5,8-9H2,1H3. The predicted molar refractivity (Wildman–Crippen MR) is 72.6 cm³/mol. The molecule has 1 aromatic carbocycles. The number of aliphatic hydroxyl groups is 1. The minimum atomic E-state index is 0.176. The molecule has 0 radical (unpaired) electrons. The molecule has 0 unspecified atom stereocenters. The van der Waals surface area contributed by atoms with Gasteiger partial charge in [0.25, 0.3) is 0 Å². The van der Waals surface area contributed by atoms with E-state index in [-0.39, 0.29) is 6.61 Å². The van der Waals surface area contributed by atoms with Crippen LogP contribution >= 0.6 is 0 Å². The van der Waals surface area contributed by atoms with Crippen LogP contribution in [-0.2, 0) is 0 Å². The molecule has 1 aliphatic carbocycles. The number of aryl methyl sites for hydroxylation is 1. The van der Waals surface area contributed by atoms with Gasteiger partial charge in [0, 0.05) is 18.3 Å². The van der Waals surface area contributed by atoms with E-state index in [1.54, 1.807) is 0 Å². The van der Waals surface area contributed by atoms with Crippen molar-refractivity contribution in [1.29, 1.82) is 5.26 Å². The lowest BCUT2D eigenvalue weighted by atomic mass is 10.1. The molecule has 1 N–H and O–H groups in total. The van der Waals surface area contributed by atoms with E-state index >= 15 is 0 Å². The first kappa shape index (κ1) is 12.9. The molecule has 3 nitrogen and oxygen atoms in total. The highest BCUT2D eigenvalue weighted by Crippen LogP contribution is 2.29. The predicted octanol–water partition coefficient (Wildman–Crippen LogP) is 2.61. The van der Waals surface area contributed by atoms with E-state index in [2.05, 4.69) is 17.0 Å². The summed E-state index contributed by atoms with van der Waals surface area (Å²) in [6, 6.07) is 8.68. The number of hydrogen-bond acceptors (Lipinski definition) is 3. The lowest BCUT2D eigenvalue weighted by Gasteiger charge is -2.31. The molecule has 0 amide bonds. The van der Waals surface area contributed by atoms with E-state index in [1.165, 1.54) is 25.7 Å². The first-order valence-corrected chi connectivity index (χ1v) is 6.64. The van der Waals surface area contributed by atoms with Crippen LogP contribution in [0.1, 0.15) is 36.8 Å². The Morgan fingerprint density at radius 2 is 2.11 bits per heavy atom. The number of nitriles is 1. The van der Waals surface area contributed by atoms with Crippen molar-refractivity contribution in [2.24, 2.45) is 0 Å². The second-order valence-corrected chi connectivity index (χ2v) is 4.97. The molecule has 0 saturated heterocycles. The molecule has 1 aromatic rings. The fourth-order valence-electron chi connectivity index (χ4n) is 2.80. The van der Waals surface area contributed by atoms with Gasteiger partial charge in [-0.1, -0.05) is 12.8 Å². The molecule has 1 fully saturated rings. The Morgan fingerprint density at radius 1 is 1.39 bits per heavy atom. The van der Waals surface area contributed by atoms with Crippen LogP contribution in [0.4, 0.5) is 5.69 Å². The number of anilines is 1. The van der Waals surface area contributed by atoms with Gasteiger partial charge in [-0.25, -0.2) is 0 Å². The zero-order valence-electron chi connectivity index (χ0n) is 10.9. The zero-order chi connectivity index (χ0) is 13.0. The van der Waals surface area contributed by atoms with Crippen LogP contribution in [0.25, 0.3) is 0 Å². The van der Waals surface area contributed by atoms with Crippen LogP contribution in [0, 0.1) is 18.3 Å². The van der Waals surface area contributed by atoms with Crippen molar-refractivity contribution in [3.63, 3.8) is 0 Å². The molecule has 96 valence electrons. The molecule has 0 aliphatic heterocycles. The smallest absolute Gasteiger partial charge is 0.0994 e. The van der Waals surface area contributed by atoms with Gasteiger partial charge >= 0.3 is 0 Å². The summed E-state index contributed by atoms with van der Waals surface area (Å²) in [5.74, 6) is 0. The summed E-state index contributed by atoms with van der Waals surface area (Å²) in [7, 11) is 0. The number of benzene rings is 1. The van der Waals surface area contributed by atoms with Gasteiger partial charge in [0.15, 0.2) is 0 Å². The molecular weight excluding hydrogens is 224 g/mol. The Hall–Kier alpha value is -1.53.